The summed E-state index contributed by atoms with van der Waals surface area (Å²) < 4.78 is 5.22. The van der Waals surface area contributed by atoms with E-state index in [0.29, 0.717) is 34.4 Å². The highest BCUT2D eigenvalue weighted by Crippen LogP contribution is 2.30. The Hall–Kier alpha value is -5.05. The van der Waals surface area contributed by atoms with E-state index in [1.54, 1.807) is 55.6 Å². The Bertz CT molecular complexity index is 1510. The second-order valence-electron chi connectivity index (χ2n) is 8.78. The second-order valence-corrected chi connectivity index (χ2v) is 8.78. The van der Waals surface area contributed by atoms with Crippen molar-refractivity contribution in [2.75, 3.05) is 25.1 Å². The van der Waals surface area contributed by atoms with E-state index in [4.69, 9.17) is 4.74 Å². The molecule has 0 N–H and O–H groups in total. The van der Waals surface area contributed by atoms with Gasteiger partial charge in [0.15, 0.2) is 0 Å². The summed E-state index contributed by atoms with van der Waals surface area (Å²) >= 11 is 0. The van der Waals surface area contributed by atoms with Crippen molar-refractivity contribution < 1.29 is 24.0 Å². The zero-order valence-electron chi connectivity index (χ0n) is 20.5. The normalized spacial score (nSPS) is 12.5. The van der Waals surface area contributed by atoms with Gasteiger partial charge in [-0.2, -0.15) is 0 Å². The number of non-ortho nitro benzene ring substituents is 1. The van der Waals surface area contributed by atoms with Gasteiger partial charge in [0.25, 0.3) is 23.4 Å². The molecule has 38 heavy (non-hydrogen) atoms. The topological polar surface area (TPSA) is 110 Å². The average molecular weight is 510 g/mol. The smallest absolute Gasteiger partial charge is 0.269 e. The number of anilines is 1. The molecule has 4 aromatic carbocycles. The minimum Gasteiger partial charge on any atom is -0.497 e. The summed E-state index contributed by atoms with van der Waals surface area (Å²) in [6, 6.07) is 23.1. The highest BCUT2D eigenvalue weighted by Gasteiger charge is 2.32. The van der Waals surface area contributed by atoms with Crippen LogP contribution in [0.2, 0.25) is 0 Å². The predicted molar refractivity (Wildman–Crippen MR) is 142 cm³/mol. The summed E-state index contributed by atoms with van der Waals surface area (Å²) in [6.45, 7) is 0.313. The lowest BCUT2D eigenvalue weighted by molar-refractivity contribution is -0.384. The van der Waals surface area contributed by atoms with Gasteiger partial charge in [-0.3, -0.25) is 29.4 Å². The predicted octanol–water partition coefficient (Wildman–Crippen LogP) is 5.09. The van der Waals surface area contributed by atoms with E-state index in [1.165, 1.54) is 34.1 Å². The van der Waals surface area contributed by atoms with E-state index in [1.807, 2.05) is 12.1 Å². The van der Waals surface area contributed by atoms with Crippen LogP contribution in [0.4, 0.5) is 11.4 Å². The molecule has 0 saturated carbocycles. The van der Waals surface area contributed by atoms with Gasteiger partial charge < -0.3 is 9.64 Å². The Morgan fingerprint density at radius 1 is 0.895 bits per heavy atom. The molecule has 1 aliphatic rings. The quantitative estimate of drug-likeness (QED) is 0.186. The van der Waals surface area contributed by atoms with Crippen molar-refractivity contribution >= 4 is 39.9 Å². The van der Waals surface area contributed by atoms with Crippen LogP contribution in [0.3, 0.4) is 0 Å². The molecule has 9 nitrogen and oxygen atoms in total. The average Bonchev–Trinajstić information content (AvgIpc) is 2.95. The van der Waals surface area contributed by atoms with Crippen LogP contribution >= 0.6 is 0 Å². The number of imide groups is 1. The molecule has 0 aromatic heterocycles. The number of carbonyl (C=O) groups excluding carboxylic acids is 3. The van der Waals surface area contributed by atoms with Crippen molar-refractivity contribution in [3.05, 3.63) is 112 Å². The number of benzene rings is 4. The van der Waals surface area contributed by atoms with Gasteiger partial charge in [0, 0.05) is 53.0 Å². The van der Waals surface area contributed by atoms with E-state index >= 15 is 0 Å². The first kappa shape index (κ1) is 24.6. The molecule has 190 valence electrons. The van der Waals surface area contributed by atoms with E-state index < -0.39 is 4.92 Å². The third-order valence-electron chi connectivity index (χ3n) is 6.57. The second kappa shape index (κ2) is 10.1. The van der Waals surface area contributed by atoms with Gasteiger partial charge in [-0.25, -0.2) is 0 Å². The number of amides is 3. The lowest BCUT2D eigenvalue weighted by Crippen LogP contribution is -2.42. The first-order valence-corrected chi connectivity index (χ1v) is 12.0. The maximum atomic E-state index is 13.5. The van der Waals surface area contributed by atoms with E-state index in [2.05, 4.69) is 0 Å². The molecule has 4 aromatic rings. The third kappa shape index (κ3) is 4.45. The molecule has 0 radical (unpaired) electrons. The Morgan fingerprint density at radius 3 is 2.05 bits per heavy atom. The van der Waals surface area contributed by atoms with E-state index in [0.717, 1.165) is 5.39 Å². The fourth-order valence-corrected chi connectivity index (χ4v) is 4.66. The number of methoxy groups -OCH3 is 1. The van der Waals surface area contributed by atoms with E-state index in [-0.39, 0.29) is 42.1 Å². The molecular weight excluding hydrogens is 486 g/mol. The Morgan fingerprint density at radius 2 is 1.50 bits per heavy atom. The fraction of sp³-hybridized carbons (Fsp3) is 0.138. The van der Waals surface area contributed by atoms with Crippen LogP contribution < -0.4 is 9.64 Å². The summed E-state index contributed by atoms with van der Waals surface area (Å²) in [4.78, 5) is 53.1. The molecule has 1 aliphatic heterocycles. The highest BCUT2D eigenvalue weighted by molar-refractivity contribution is 6.25. The number of hydrogen-bond acceptors (Lipinski definition) is 6. The first-order chi connectivity index (χ1) is 18.4. The van der Waals surface area contributed by atoms with Crippen molar-refractivity contribution in [2.45, 2.75) is 6.42 Å². The van der Waals surface area contributed by atoms with Gasteiger partial charge in [0.1, 0.15) is 5.75 Å². The van der Waals surface area contributed by atoms with Crippen molar-refractivity contribution in [1.82, 2.24) is 4.90 Å². The summed E-state index contributed by atoms with van der Waals surface area (Å²) in [5, 5.41) is 12.5. The van der Waals surface area contributed by atoms with Crippen LogP contribution in [0, 0.1) is 10.1 Å². The molecule has 0 fully saturated rings. The number of carbonyl (C=O) groups is 3. The Balaban J connectivity index is 1.38. The zero-order chi connectivity index (χ0) is 26.8. The van der Waals surface area contributed by atoms with Gasteiger partial charge in [-0.05, 0) is 60.3 Å². The molecule has 0 atom stereocenters. The van der Waals surface area contributed by atoms with E-state index in [9.17, 15) is 24.5 Å². The molecule has 0 spiro atoms. The minimum absolute atomic E-state index is 0.114. The summed E-state index contributed by atoms with van der Waals surface area (Å²) in [5.41, 5.74) is 1.70. The fourth-order valence-electron chi connectivity index (χ4n) is 4.66. The SMILES string of the molecule is COc1ccc(N(CCCN2C(=O)c3cccc4cccc(c34)C2=O)C(=O)c2ccc([N+](=O)[O-])cc2)cc1. The molecule has 3 amide bonds. The van der Waals surface area contributed by atoms with Gasteiger partial charge in [-0.15, -0.1) is 0 Å². The Kier molecular flexibility index (Phi) is 6.57. The third-order valence-corrected chi connectivity index (χ3v) is 6.57. The maximum absolute atomic E-state index is 13.5. The summed E-state index contributed by atoms with van der Waals surface area (Å²) in [7, 11) is 1.54. The maximum Gasteiger partial charge on any atom is 0.269 e. The largest absolute Gasteiger partial charge is 0.497 e. The van der Waals surface area contributed by atoms with Gasteiger partial charge in [0.05, 0.1) is 12.0 Å². The van der Waals surface area contributed by atoms with Gasteiger partial charge in [0.2, 0.25) is 0 Å². The molecule has 1 heterocycles. The highest BCUT2D eigenvalue weighted by atomic mass is 16.6. The standard InChI is InChI=1S/C29H23N3O6/c1-38-23-15-13-21(14-16-23)30(27(33)20-9-11-22(12-10-20)32(36)37)17-4-18-31-28(34)24-7-2-5-19-6-3-8-25(26(19)24)29(31)35/h2-3,5-16H,4,17-18H2,1H3. The Labute approximate surface area is 218 Å². The molecular formula is C29H23N3O6. The van der Waals surface area contributed by atoms with Gasteiger partial charge >= 0.3 is 0 Å². The zero-order valence-corrected chi connectivity index (χ0v) is 20.5. The summed E-state index contributed by atoms with van der Waals surface area (Å²) in [6.07, 6.45) is 0.320. The minimum atomic E-state index is -0.527. The van der Waals surface area contributed by atoms with Crippen LogP contribution in [0.1, 0.15) is 37.5 Å². The molecule has 0 bridgehead atoms. The number of rotatable bonds is 8. The molecule has 0 unspecified atom stereocenters. The van der Waals surface area contributed by atoms with Crippen LogP contribution in [0.5, 0.6) is 5.75 Å². The van der Waals surface area contributed by atoms with Crippen LogP contribution in [-0.4, -0.2) is 47.7 Å². The van der Waals surface area contributed by atoms with Crippen LogP contribution in [-0.2, 0) is 0 Å². The van der Waals surface area contributed by atoms with Crippen LogP contribution in [0.25, 0.3) is 10.8 Å². The lowest BCUT2D eigenvalue weighted by Gasteiger charge is -2.29. The number of nitro groups is 1. The van der Waals surface area contributed by atoms with Gasteiger partial charge in [-0.1, -0.05) is 24.3 Å². The van der Waals surface area contributed by atoms with Crippen molar-refractivity contribution in [1.29, 1.82) is 0 Å². The van der Waals surface area contributed by atoms with Crippen molar-refractivity contribution in [3.63, 3.8) is 0 Å². The molecule has 5 rings (SSSR count). The number of ether oxygens (including phenoxy) is 1. The van der Waals surface area contributed by atoms with Crippen molar-refractivity contribution in [2.24, 2.45) is 0 Å². The number of nitrogens with zero attached hydrogens (tertiary/aromatic N) is 3. The van der Waals surface area contributed by atoms with Crippen molar-refractivity contribution in [3.8, 4) is 5.75 Å². The van der Waals surface area contributed by atoms with Crippen LogP contribution in [0.15, 0.2) is 84.9 Å². The number of hydrogen-bond donors (Lipinski definition) is 0. The first-order valence-electron chi connectivity index (χ1n) is 12.0. The lowest BCUT2D eigenvalue weighted by atomic mass is 9.94. The molecule has 0 saturated heterocycles. The molecule has 9 heteroatoms. The monoisotopic (exact) mass is 509 g/mol. The summed E-state index contributed by atoms with van der Waals surface area (Å²) in [5.74, 6) is -0.473. The number of nitro benzene ring substituents is 1. The molecule has 0 aliphatic carbocycles.